The first kappa shape index (κ1) is 15.7. The van der Waals surface area contributed by atoms with E-state index in [1.807, 2.05) is 0 Å². The summed E-state index contributed by atoms with van der Waals surface area (Å²) in [6.07, 6.45) is 5.43. The molecule has 1 fully saturated rings. The van der Waals surface area contributed by atoms with E-state index in [-0.39, 0.29) is 27.5 Å². The lowest BCUT2D eigenvalue weighted by atomic mass is 9.68. The lowest BCUT2D eigenvalue weighted by Gasteiger charge is -2.42. The van der Waals surface area contributed by atoms with Crippen LogP contribution in [0.5, 0.6) is 0 Å². The van der Waals surface area contributed by atoms with Crippen LogP contribution in [0.15, 0.2) is 11.6 Å². The predicted octanol–water partition coefficient (Wildman–Crippen LogP) is 4.02. The predicted molar refractivity (Wildman–Crippen MR) is 80.6 cm³/mol. The monoisotopic (exact) mass is 258 g/mol. The number of rotatable bonds is 1. The van der Waals surface area contributed by atoms with E-state index >= 15 is 0 Å². The summed E-state index contributed by atoms with van der Waals surface area (Å²) in [6, 6.07) is 0. The van der Waals surface area contributed by atoms with Crippen LogP contribution < -0.4 is 0 Å². The van der Waals surface area contributed by atoms with E-state index in [1.54, 1.807) is 0 Å². The third kappa shape index (κ3) is 2.25. The molecule has 18 heavy (non-hydrogen) atoms. The summed E-state index contributed by atoms with van der Waals surface area (Å²) in [6.45, 7) is 8.46. The van der Waals surface area contributed by atoms with E-state index < -0.39 is 11.7 Å². The van der Waals surface area contributed by atoms with Crippen LogP contribution in [0.2, 0.25) is 0 Å². The zero-order chi connectivity index (χ0) is 12.8. The standard InChI is InChI=1S/C15H26O2.CH4.2H2/c1-10(2)15(17)8-7-14(4)6-5-11(3)9-12(16)13(14)15;;;/h5,10,12-13,16-17H,6-9H2,1-4H3;1H4;2*1H/t12-,13+,14-,15+;;;/m0.../s1. The molecule has 4 atom stereocenters. The molecular formula is C16H34O2. The average molecular weight is 258 g/mol. The normalized spacial score (nSPS) is 44.1. The van der Waals surface area contributed by atoms with Crippen molar-refractivity contribution in [2.75, 3.05) is 0 Å². The molecule has 2 N–H and O–H groups in total. The van der Waals surface area contributed by atoms with Crippen molar-refractivity contribution >= 4 is 0 Å². The van der Waals surface area contributed by atoms with Crippen molar-refractivity contribution < 1.29 is 13.1 Å². The Kier molecular flexibility index (Phi) is 4.34. The second kappa shape index (κ2) is 4.97. The smallest absolute Gasteiger partial charge is 0.0728 e. The maximum Gasteiger partial charge on any atom is 0.0728 e. The third-order valence-corrected chi connectivity index (χ3v) is 5.22. The molecule has 2 nitrogen and oxygen atoms in total. The van der Waals surface area contributed by atoms with Crippen LogP contribution in [0.4, 0.5) is 0 Å². The minimum atomic E-state index is -0.688. The number of aliphatic hydroxyl groups is 2. The third-order valence-electron chi connectivity index (χ3n) is 5.22. The van der Waals surface area contributed by atoms with Gasteiger partial charge in [-0.15, -0.1) is 0 Å². The molecule has 0 radical (unpaired) electrons. The van der Waals surface area contributed by atoms with Gasteiger partial charge in [0.05, 0.1) is 11.7 Å². The Labute approximate surface area is 115 Å². The molecule has 110 valence electrons. The van der Waals surface area contributed by atoms with Crippen LogP contribution in [-0.4, -0.2) is 21.9 Å². The Morgan fingerprint density at radius 3 is 2.56 bits per heavy atom. The van der Waals surface area contributed by atoms with Crippen molar-refractivity contribution in [2.45, 2.75) is 72.5 Å². The Hall–Kier alpha value is -0.340. The van der Waals surface area contributed by atoms with Gasteiger partial charge in [-0.3, -0.25) is 0 Å². The lowest BCUT2D eigenvalue weighted by Crippen LogP contribution is -2.48. The van der Waals surface area contributed by atoms with Crippen molar-refractivity contribution in [3.63, 3.8) is 0 Å². The minimum absolute atomic E-state index is 0. The average Bonchev–Trinajstić information content (AvgIpc) is 2.44. The maximum absolute atomic E-state index is 10.9. The number of aliphatic hydroxyl groups excluding tert-OH is 1. The van der Waals surface area contributed by atoms with Gasteiger partial charge < -0.3 is 10.2 Å². The van der Waals surface area contributed by atoms with Gasteiger partial charge in [-0.2, -0.15) is 0 Å². The van der Waals surface area contributed by atoms with Crippen LogP contribution in [0.3, 0.4) is 0 Å². The highest BCUT2D eigenvalue weighted by Crippen LogP contribution is 2.57. The van der Waals surface area contributed by atoms with Gasteiger partial charge >= 0.3 is 0 Å². The molecule has 2 rings (SSSR count). The summed E-state index contributed by atoms with van der Waals surface area (Å²) in [5.74, 6) is 0.228. The largest absolute Gasteiger partial charge is 0.392 e. The molecule has 2 heteroatoms. The summed E-state index contributed by atoms with van der Waals surface area (Å²) in [4.78, 5) is 0. The summed E-state index contributed by atoms with van der Waals surface area (Å²) < 4.78 is 0. The summed E-state index contributed by atoms with van der Waals surface area (Å²) in [5, 5.41) is 21.4. The Bertz CT molecular complexity index is 343. The second-order valence-corrected chi connectivity index (χ2v) is 6.80. The van der Waals surface area contributed by atoms with Crippen LogP contribution in [0.25, 0.3) is 0 Å². The van der Waals surface area contributed by atoms with Crippen molar-refractivity contribution in [3.05, 3.63) is 11.6 Å². The first-order chi connectivity index (χ1) is 7.79. The lowest BCUT2D eigenvalue weighted by molar-refractivity contribution is -0.108. The van der Waals surface area contributed by atoms with Gasteiger partial charge in [-0.1, -0.05) is 39.8 Å². The maximum atomic E-state index is 10.9. The minimum Gasteiger partial charge on any atom is -0.392 e. The highest BCUT2D eigenvalue weighted by atomic mass is 16.3. The van der Waals surface area contributed by atoms with Crippen LogP contribution in [0.1, 0.15) is 63.7 Å². The summed E-state index contributed by atoms with van der Waals surface area (Å²) in [7, 11) is 0. The highest BCUT2D eigenvalue weighted by molar-refractivity contribution is 5.16. The molecule has 0 unspecified atom stereocenters. The van der Waals surface area contributed by atoms with E-state index in [1.165, 1.54) is 5.57 Å². The van der Waals surface area contributed by atoms with Gasteiger partial charge in [-0.05, 0) is 43.9 Å². The van der Waals surface area contributed by atoms with Crippen molar-refractivity contribution in [3.8, 4) is 0 Å². The molecular weight excluding hydrogens is 224 g/mol. The van der Waals surface area contributed by atoms with Crippen LogP contribution in [-0.2, 0) is 0 Å². The topological polar surface area (TPSA) is 40.5 Å². The molecule has 1 saturated carbocycles. The number of hydrogen-bond donors (Lipinski definition) is 2. The van der Waals surface area contributed by atoms with Crippen molar-refractivity contribution in [1.29, 1.82) is 0 Å². The molecule has 0 spiro atoms. The number of allylic oxidation sites excluding steroid dienone is 1. The number of fused-ring (bicyclic) bond motifs is 1. The van der Waals surface area contributed by atoms with E-state index in [0.29, 0.717) is 0 Å². The van der Waals surface area contributed by atoms with Gasteiger partial charge in [-0.25, -0.2) is 0 Å². The van der Waals surface area contributed by atoms with Crippen molar-refractivity contribution in [2.24, 2.45) is 17.3 Å². The first-order valence-electron chi connectivity index (χ1n) is 6.86. The highest BCUT2D eigenvalue weighted by Gasteiger charge is 2.57. The molecule has 0 aromatic carbocycles. The summed E-state index contributed by atoms with van der Waals surface area (Å²) in [5.41, 5.74) is 0.641. The molecule has 0 heterocycles. The SMILES string of the molecule is C.CC1=CC[C@@]2(C)CC[C@@](O)(C(C)C)[C@@H]2[C@@H](O)C1.[HH].[HH]. The molecule has 0 aromatic heterocycles. The van der Waals surface area contributed by atoms with E-state index in [2.05, 4.69) is 33.8 Å². The summed E-state index contributed by atoms with van der Waals surface area (Å²) >= 11 is 0. The van der Waals surface area contributed by atoms with Gasteiger partial charge in [0, 0.05) is 8.77 Å². The number of hydrogen-bond acceptors (Lipinski definition) is 2. The fraction of sp³-hybridized carbons (Fsp3) is 0.875. The molecule has 0 amide bonds. The Balaban J connectivity index is 0. The van der Waals surface area contributed by atoms with Crippen molar-refractivity contribution in [1.82, 2.24) is 0 Å². The fourth-order valence-electron chi connectivity index (χ4n) is 4.01. The molecule has 0 aliphatic heterocycles. The van der Waals surface area contributed by atoms with Crippen LogP contribution in [0, 0.1) is 17.3 Å². The second-order valence-electron chi connectivity index (χ2n) is 6.80. The zero-order valence-corrected chi connectivity index (χ0v) is 11.5. The van der Waals surface area contributed by atoms with Gasteiger partial charge in [0.2, 0.25) is 0 Å². The van der Waals surface area contributed by atoms with Gasteiger partial charge in [0.15, 0.2) is 0 Å². The Morgan fingerprint density at radius 1 is 1.39 bits per heavy atom. The molecule has 0 saturated heterocycles. The van der Waals surface area contributed by atoms with E-state index in [4.69, 9.17) is 0 Å². The molecule has 0 bridgehead atoms. The first-order valence-corrected chi connectivity index (χ1v) is 6.86. The quantitative estimate of drug-likeness (QED) is 0.697. The van der Waals surface area contributed by atoms with Crippen LogP contribution >= 0.6 is 0 Å². The van der Waals surface area contributed by atoms with E-state index in [9.17, 15) is 10.2 Å². The molecule has 2 aliphatic rings. The molecule has 2 aliphatic carbocycles. The Morgan fingerprint density at radius 2 is 2.00 bits per heavy atom. The fourth-order valence-corrected chi connectivity index (χ4v) is 4.01. The van der Waals surface area contributed by atoms with Gasteiger partial charge in [0.1, 0.15) is 0 Å². The van der Waals surface area contributed by atoms with Gasteiger partial charge in [0.25, 0.3) is 0 Å². The zero-order valence-electron chi connectivity index (χ0n) is 11.5. The van der Waals surface area contributed by atoms with E-state index in [0.717, 1.165) is 25.7 Å². The molecule has 0 aromatic rings.